The first-order chi connectivity index (χ1) is 15.2. The number of carbonyl (C=O) groups excluding carboxylic acids is 1. The molecule has 31 heavy (non-hydrogen) atoms. The van der Waals surface area contributed by atoms with Gasteiger partial charge in [-0.15, -0.1) is 10.2 Å². The van der Waals surface area contributed by atoms with Crippen LogP contribution < -0.4 is 19.7 Å². The molecule has 0 aliphatic carbocycles. The fraction of sp³-hybridized carbons (Fsp3) is 0.375. The molecule has 162 valence electrons. The highest BCUT2D eigenvalue weighted by Crippen LogP contribution is 2.32. The summed E-state index contributed by atoms with van der Waals surface area (Å²) in [5, 5.41) is 13.8. The van der Waals surface area contributed by atoms with Gasteiger partial charge in [-0.25, -0.2) is 0 Å². The van der Waals surface area contributed by atoms with Crippen molar-refractivity contribution in [3.05, 3.63) is 54.1 Å². The van der Waals surface area contributed by atoms with Crippen molar-refractivity contribution in [2.24, 2.45) is 5.92 Å². The normalized spacial score (nSPS) is 14.5. The molecule has 0 radical (unpaired) electrons. The minimum Gasteiger partial charge on any atom is -0.496 e. The summed E-state index contributed by atoms with van der Waals surface area (Å²) in [6, 6.07) is 15.8. The van der Waals surface area contributed by atoms with Crippen molar-refractivity contribution >= 4 is 22.5 Å². The van der Waals surface area contributed by atoms with Crippen LogP contribution in [0.4, 0.5) is 5.82 Å². The zero-order chi connectivity index (χ0) is 21.6. The number of methoxy groups -OCH3 is 1. The van der Waals surface area contributed by atoms with Crippen LogP contribution in [0.5, 0.6) is 11.6 Å². The lowest BCUT2D eigenvalue weighted by atomic mass is 9.95. The third-order valence-corrected chi connectivity index (χ3v) is 5.73. The SMILES string of the molecule is CCOc1nnc(N2CCC(C(=O)NCc3ccccc3OC)CC2)c2ccccc12. The summed E-state index contributed by atoms with van der Waals surface area (Å²) in [6.45, 7) is 4.48. The summed E-state index contributed by atoms with van der Waals surface area (Å²) in [4.78, 5) is 14.9. The second-order valence-electron chi connectivity index (χ2n) is 7.60. The molecule has 0 unspecified atom stereocenters. The van der Waals surface area contributed by atoms with E-state index >= 15 is 0 Å². The van der Waals surface area contributed by atoms with Gasteiger partial charge < -0.3 is 19.7 Å². The Bertz CT molecular complexity index is 1050. The van der Waals surface area contributed by atoms with E-state index in [2.05, 4.69) is 20.4 Å². The molecule has 2 aromatic carbocycles. The van der Waals surface area contributed by atoms with Crippen LogP contribution in [0, 0.1) is 5.92 Å². The Kier molecular flexibility index (Phi) is 6.50. The van der Waals surface area contributed by atoms with Crippen molar-refractivity contribution in [2.75, 3.05) is 31.7 Å². The van der Waals surface area contributed by atoms with Crippen molar-refractivity contribution in [1.29, 1.82) is 0 Å². The van der Waals surface area contributed by atoms with Gasteiger partial charge in [0.1, 0.15) is 5.75 Å². The first kappa shape index (κ1) is 20.9. The molecule has 1 amide bonds. The zero-order valence-electron chi connectivity index (χ0n) is 18.0. The zero-order valence-corrected chi connectivity index (χ0v) is 18.0. The number of hydrogen-bond acceptors (Lipinski definition) is 6. The summed E-state index contributed by atoms with van der Waals surface area (Å²) in [5.74, 6) is 2.29. The van der Waals surface area contributed by atoms with Crippen LogP contribution >= 0.6 is 0 Å². The number of hydrogen-bond donors (Lipinski definition) is 1. The van der Waals surface area contributed by atoms with Gasteiger partial charge in [-0.1, -0.05) is 36.4 Å². The Labute approximate surface area is 182 Å². The number of rotatable bonds is 7. The van der Waals surface area contributed by atoms with Crippen LogP contribution in [-0.2, 0) is 11.3 Å². The summed E-state index contributed by atoms with van der Waals surface area (Å²) in [7, 11) is 1.64. The van der Waals surface area contributed by atoms with Crippen molar-refractivity contribution < 1.29 is 14.3 Å². The maximum atomic E-state index is 12.7. The largest absolute Gasteiger partial charge is 0.496 e. The molecule has 1 N–H and O–H groups in total. The summed E-state index contributed by atoms with van der Waals surface area (Å²) >= 11 is 0. The number of aromatic nitrogens is 2. The molecule has 1 aromatic heterocycles. The van der Waals surface area contributed by atoms with E-state index in [9.17, 15) is 4.79 Å². The highest BCUT2D eigenvalue weighted by molar-refractivity contribution is 5.95. The van der Waals surface area contributed by atoms with Gasteiger partial charge >= 0.3 is 0 Å². The van der Waals surface area contributed by atoms with E-state index in [1.54, 1.807) is 7.11 Å². The average Bonchev–Trinajstić information content (AvgIpc) is 2.83. The lowest BCUT2D eigenvalue weighted by Crippen LogP contribution is -2.40. The molecule has 1 fully saturated rings. The lowest BCUT2D eigenvalue weighted by molar-refractivity contribution is -0.125. The van der Waals surface area contributed by atoms with Crippen LogP contribution in [0.15, 0.2) is 48.5 Å². The number of nitrogens with one attached hydrogen (secondary N) is 1. The highest BCUT2D eigenvalue weighted by Gasteiger charge is 2.27. The highest BCUT2D eigenvalue weighted by atomic mass is 16.5. The van der Waals surface area contributed by atoms with Gasteiger partial charge in [0.15, 0.2) is 5.82 Å². The minimum absolute atomic E-state index is 0.00659. The van der Waals surface area contributed by atoms with E-state index in [0.29, 0.717) is 19.0 Å². The fourth-order valence-electron chi connectivity index (χ4n) is 4.07. The van der Waals surface area contributed by atoms with Gasteiger partial charge in [0.05, 0.1) is 13.7 Å². The number of carbonyl (C=O) groups is 1. The molecular weight excluding hydrogens is 392 g/mol. The quantitative estimate of drug-likeness (QED) is 0.630. The van der Waals surface area contributed by atoms with Gasteiger partial charge in [-0.05, 0) is 31.9 Å². The molecule has 0 atom stereocenters. The Balaban J connectivity index is 1.40. The first-order valence-electron chi connectivity index (χ1n) is 10.7. The van der Waals surface area contributed by atoms with Gasteiger partial charge in [0, 0.05) is 41.9 Å². The standard InChI is InChI=1S/C24H28N4O3/c1-3-31-24-20-10-6-5-9-19(20)22(26-27-24)28-14-12-17(13-15-28)23(29)25-16-18-8-4-7-11-21(18)30-2/h4-11,17H,3,12-16H2,1-2H3,(H,25,29). The molecule has 7 heteroatoms. The Morgan fingerprint density at radius 2 is 1.77 bits per heavy atom. The molecule has 1 aliphatic heterocycles. The van der Waals surface area contributed by atoms with E-state index in [1.807, 2.05) is 55.5 Å². The number of ether oxygens (including phenoxy) is 2. The van der Waals surface area contributed by atoms with Crippen LogP contribution in [0.25, 0.3) is 10.8 Å². The third kappa shape index (κ3) is 4.55. The number of amides is 1. The van der Waals surface area contributed by atoms with Gasteiger partial charge in [0.2, 0.25) is 11.8 Å². The van der Waals surface area contributed by atoms with Crippen LogP contribution in [0.2, 0.25) is 0 Å². The molecule has 0 spiro atoms. The maximum Gasteiger partial charge on any atom is 0.241 e. The molecule has 3 aromatic rings. The summed E-state index contributed by atoms with van der Waals surface area (Å²) in [6.07, 6.45) is 1.56. The Morgan fingerprint density at radius 1 is 1.06 bits per heavy atom. The summed E-state index contributed by atoms with van der Waals surface area (Å²) < 4.78 is 11.0. The van der Waals surface area contributed by atoms with Crippen LogP contribution in [0.3, 0.4) is 0 Å². The number of nitrogens with zero attached hydrogens (tertiary/aromatic N) is 3. The Morgan fingerprint density at radius 3 is 2.52 bits per heavy atom. The monoisotopic (exact) mass is 420 g/mol. The molecule has 0 bridgehead atoms. The summed E-state index contributed by atoms with van der Waals surface area (Å²) in [5.41, 5.74) is 0.979. The number of piperidine rings is 1. The van der Waals surface area contributed by atoms with E-state index in [4.69, 9.17) is 9.47 Å². The molecule has 0 saturated carbocycles. The predicted octanol–water partition coefficient (Wildman–Crippen LogP) is 3.57. The number of benzene rings is 2. The van der Waals surface area contributed by atoms with E-state index in [0.717, 1.165) is 53.8 Å². The molecule has 1 aliphatic rings. The molecular formula is C24H28N4O3. The predicted molar refractivity (Wildman–Crippen MR) is 120 cm³/mol. The van der Waals surface area contributed by atoms with Crippen LogP contribution in [-0.4, -0.2) is 42.9 Å². The topological polar surface area (TPSA) is 76.6 Å². The third-order valence-electron chi connectivity index (χ3n) is 5.73. The van der Waals surface area contributed by atoms with Gasteiger partial charge in [-0.3, -0.25) is 4.79 Å². The second-order valence-corrected chi connectivity index (χ2v) is 7.60. The van der Waals surface area contributed by atoms with Crippen molar-refractivity contribution in [3.8, 4) is 11.6 Å². The maximum absolute atomic E-state index is 12.7. The van der Waals surface area contributed by atoms with Crippen molar-refractivity contribution in [1.82, 2.24) is 15.5 Å². The molecule has 2 heterocycles. The molecule has 1 saturated heterocycles. The molecule has 7 nitrogen and oxygen atoms in total. The van der Waals surface area contributed by atoms with Gasteiger partial charge in [-0.2, -0.15) is 0 Å². The van der Waals surface area contributed by atoms with E-state index < -0.39 is 0 Å². The van der Waals surface area contributed by atoms with E-state index in [1.165, 1.54) is 0 Å². The first-order valence-corrected chi connectivity index (χ1v) is 10.7. The van der Waals surface area contributed by atoms with E-state index in [-0.39, 0.29) is 11.8 Å². The minimum atomic E-state index is -0.00659. The lowest BCUT2D eigenvalue weighted by Gasteiger charge is -2.32. The number of anilines is 1. The van der Waals surface area contributed by atoms with Crippen molar-refractivity contribution in [3.63, 3.8) is 0 Å². The van der Waals surface area contributed by atoms with Gasteiger partial charge in [0.25, 0.3) is 0 Å². The Hall–Kier alpha value is -3.35. The van der Waals surface area contributed by atoms with Crippen molar-refractivity contribution in [2.45, 2.75) is 26.3 Å². The second kappa shape index (κ2) is 9.64. The average molecular weight is 421 g/mol. The number of para-hydroxylation sites is 1. The smallest absolute Gasteiger partial charge is 0.241 e. The molecule has 4 rings (SSSR count). The fourth-order valence-corrected chi connectivity index (χ4v) is 4.07. The number of fused-ring (bicyclic) bond motifs is 1. The van der Waals surface area contributed by atoms with Crippen LogP contribution in [0.1, 0.15) is 25.3 Å².